The van der Waals surface area contributed by atoms with E-state index in [2.05, 4.69) is 28.9 Å². The van der Waals surface area contributed by atoms with E-state index in [0.29, 0.717) is 54.0 Å². The molecule has 0 saturated carbocycles. The van der Waals surface area contributed by atoms with Crippen LogP contribution in [0.2, 0.25) is 5.02 Å². The van der Waals surface area contributed by atoms with Crippen molar-refractivity contribution in [3.63, 3.8) is 0 Å². The third-order valence-corrected chi connectivity index (χ3v) is 9.15. The van der Waals surface area contributed by atoms with E-state index in [0.717, 1.165) is 53.0 Å². The van der Waals surface area contributed by atoms with Crippen LogP contribution in [0.5, 0.6) is 17.2 Å². The van der Waals surface area contributed by atoms with Gasteiger partial charge >= 0.3 is 0 Å². The number of benzene rings is 3. The van der Waals surface area contributed by atoms with Crippen molar-refractivity contribution in [2.45, 2.75) is 52.0 Å². The second-order valence-corrected chi connectivity index (χ2v) is 12.7. The van der Waals surface area contributed by atoms with Crippen molar-refractivity contribution in [2.75, 3.05) is 32.8 Å². The van der Waals surface area contributed by atoms with Crippen LogP contribution in [0, 0.1) is 18.3 Å². The third-order valence-electron chi connectivity index (χ3n) is 8.85. The number of pyridine rings is 1. The van der Waals surface area contributed by atoms with E-state index in [1.807, 2.05) is 48.5 Å². The topological polar surface area (TPSA) is 108 Å². The molecule has 2 aliphatic rings. The van der Waals surface area contributed by atoms with Crippen molar-refractivity contribution in [1.29, 1.82) is 5.26 Å². The Hall–Kier alpha value is -4.62. The number of nitriles is 1. The van der Waals surface area contributed by atoms with Crippen LogP contribution in [0.25, 0.3) is 11.1 Å². The summed E-state index contributed by atoms with van der Waals surface area (Å²) in [6.45, 7) is 6.72. The number of hydrogen-bond acceptors (Lipinski definition) is 8. The van der Waals surface area contributed by atoms with Gasteiger partial charge in [-0.1, -0.05) is 41.9 Å². The van der Waals surface area contributed by atoms with Crippen LogP contribution in [0.4, 0.5) is 0 Å². The number of rotatable bonds is 13. The molecule has 1 N–H and O–H groups in total. The lowest BCUT2D eigenvalue weighted by Crippen LogP contribution is -2.36. The summed E-state index contributed by atoms with van der Waals surface area (Å²) in [5.41, 5.74) is 6.41. The van der Waals surface area contributed by atoms with Crippen LogP contribution in [-0.4, -0.2) is 64.7 Å². The fraction of sp³-hybridized carbons (Fsp3) is 0.342. The number of ether oxygens (including phenoxy) is 3. The molecule has 1 unspecified atom stereocenters. The van der Waals surface area contributed by atoms with Gasteiger partial charge in [0.05, 0.1) is 29.7 Å². The third kappa shape index (κ3) is 8.26. The highest BCUT2D eigenvalue weighted by Gasteiger charge is 2.24. The average Bonchev–Trinajstić information content (AvgIpc) is 3.52. The molecule has 3 aromatic carbocycles. The number of carbonyl (C=O) groups excluding carboxylic acids is 1. The van der Waals surface area contributed by atoms with Crippen molar-refractivity contribution in [3.05, 3.63) is 106 Å². The van der Waals surface area contributed by atoms with Crippen LogP contribution < -0.4 is 14.2 Å². The smallest absolute Gasteiger partial charge is 0.226 e. The predicted molar refractivity (Wildman–Crippen MR) is 183 cm³/mol. The molecule has 2 fully saturated rings. The number of likely N-dealkylation sites (tertiary alicyclic amines) is 2. The second kappa shape index (κ2) is 15.5. The molecule has 3 heterocycles. The Bertz CT molecular complexity index is 1800. The first-order chi connectivity index (χ1) is 23.4. The summed E-state index contributed by atoms with van der Waals surface area (Å²) in [5.74, 6) is 1.90. The molecule has 9 nitrogen and oxygen atoms in total. The normalized spacial score (nSPS) is 15.9. The highest BCUT2D eigenvalue weighted by atomic mass is 35.5. The number of amides is 1. The molecule has 2 aliphatic heterocycles. The van der Waals surface area contributed by atoms with Crippen LogP contribution in [0.3, 0.4) is 0 Å². The summed E-state index contributed by atoms with van der Waals surface area (Å²) in [6, 6.07) is 21.6. The van der Waals surface area contributed by atoms with Gasteiger partial charge in [0.2, 0.25) is 5.91 Å². The number of halogens is 1. The van der Waals surface area contributed by atoms with Crippen LogP contribution >= 0.6 is 11.6 Å². The Morgan fingerprint density at radius 1 is 1.00 bits per heavy atom. The van der Waals surface area contributed by atoms with E-state index < -0.39 is 6.10 Å². The molecule has 0 aliphatic carbocycles. The summed E-state index contributed by atoms with van der Waals surface area (Å²) in [4.78, 5) is 20.6. The molecule has 248 valence electrons. The molecule has 10 heteroatoms. The number of aliphatic hydroxyl groups excluding tert-OH is 1. The first kappa shape index (κ1) is 33.3. The number of aromatic nitrogens is 1. The lowest BCUT2D eigenvalue weighted by atomic mass is 9.96. The van der Waals surface area contributed by atoms with Gasteiger partial charge < -0.3 is 24.2 Å². The van der Waals surface area contributed by atoms with E-state index in [1.165, 1.54) is 12.6 Å². The molecule has 0 spiro atoms. The highest BCUT2D eigenvalue weighted by Crippen LogP contribution is 2.36. The Morgan fingerprint density at radius 2 is 1.83 bits per heavy atom. The monoisotopic (exact) mass is 666 g/mol. The summed E-state index contributed by atoms with van der Waals surface area (Å²) >= 11 is 6.76. The molecule has 0 radical (unpaired) electrons. The summed E-state index contributed by atoms with van der Waals surface area (Å²) in [7, 11) is 0. The molecule has 2 saturated heterocycles. The van der Waals surface area contributed by atoms with Crippen molar-refractivity contribution < 1.29 is 24.1 Å². The molecular formula is C38H39ClN4O5. The number of aliphatic hydroxyl groups is 1. The molecule has 4 aromatic rings. The SMILES string of the molecule is Cc1c(COc2cc(OCc3cncc(C#N)c3)c(CN3CCC3)cc2Cl)cccc1-c1cccc(OCCC(=O)N2CCC(O)C2)c1. The van der Waals surface area contributed by atoms with Crippen molar-refractivity contribution in [1.82, 2.24) is 14.8 Å². The Morgan fingerprint density at radius 3 is 2.60 bits per heavy atom. The minimum Gasteiger partial charge on any atom is -0.493 e. The fourth-order valence-corrected chi connectivity index (χ4v) is 6.20. The lowest BCUT2D eigenvalue weighted by molar-refractivity contribution is -0.131. The maximum atomic E-state index is 12.4. The van der Waals surface area contributed by atoms with Gasteiger partial charge in [-0.15, -0.1) is 0 Å². The highest BCUT2D eigenvalue weighted by molar-refractivity contribution is 6.32. The zero-order valence-corrected chi connectivity index (χ0v) is 27.8. The molecule has 6 rings (SSSR count). The summed E-state index contributed by atoms with van der Waals surface area (Å²) in [6.07, 6.45) is 4.88. The minimum absolute atomic E-state index is 0.00139. The number of nitrogens with zero attached hydrogens (tertiary/aromatic N) is 4. The molecule has 1 atom stereocenters. The van der Waals surface area contributed by atoms with Gasteiger partial charge in [-0.3, -0.25) is 14.7 Å². The van der Waals surface area contributed by atoms with Gasteiger partial charge in [0.15, 0.2) is 0 Å². The number of carbonyl (C=O) groups is 1. The summed E-state index contributed by atoms with van der Waals surface area (Å²) < 4.78 is 18.5. The van der Waals surface area contributed by atoms with E-state index >= 15 is 0 Å². The number of β-amino-alcohol motifs (C(OH)–C–C–N with tert-alkyl or cyclic N) is 1. The zero-order chi connectivity index (χ0) is 33.5. The van der Waals surface area contributed by atoms with Crippen molar-refractivity contribution in [2.24, 2.45) is 0 Å². The van der Waals surface area contributed by atoms with Gasteiger partial charge in [0, 0.05) is 49.2 Å². The zero-order valence-electron chi connectivity index (χ0n) is 27.0. The van der Waals surface area contributed by atoms with Gasteiger partial charge in [-0.25, -0.2) is 0 Å². The standard InChI is InChI=1S/C38H39ClN4O5/c1-26-30(6-3-8-34(26)29-5-2-7-33(16-29)46-14-10-38(45)43-13-9-32(44)23-43)25-48-37-18-36(31(17-35(37)39)22-42-11-4-12-42)47-24-28-15-27(19-40)20-41-21-28/h2-3,5-8,15-18,20-21,32,44H,4,9-14,22-25H2,1H3. The first-order valence-electron chi connectivity index (χ1n) is 16.3. The van der Waals surface area contributed by atoms with E-state index in [4.69, 9.17) is 25.8 Å². The second-order valence-electron chi connectivity index (χ2n) is 12.3. The Balaban J connectivity index is 1.13. The summed E-state index contributed by atoms with van der Waals surface area (Å²) in [5, 5.41) is 19.5. The molecule has 48 heavy (non-hydrogen) atoms. The van der Waals surface area contributed by atoms with Gasteiger partial charge in [0.1, 0.15) is 36.5 Å². The predicted octanol–water partition coefficient (Wildman–Crippen LogP) is 6.31. The minimum atomic E-state index is -0.428. The van der Waals surface area contributed by atoms with E-state index in [1.54, 1.807) is 17.2 Å². The van der Waals surface area contributed by atoms with Gasteiger partial charge in [-0.05, 0) is 79.4 Å². The van der Waals surface area contributed by atoms with E-state index in [-0.39, 0.29) is 25.5 Å². The largest absolute Gasteiger partial charge is 0.493 e. The maximum Gasteiger partial charge on any atom is 0.226 e. The van der Waals surface area contributed by atoms with E-state index in [9.17, 15) is 15.2 Å². The fourth-order valence-electron chi connectivity index (χ4n) is 5.96. The number of hydrogen-bond donors (Lipinski definition) is 1. The molecule has 1 amide bonds. The Kier molecular flexibility index (Phi) is 10.8. The molecular weight excluding hydrogens is 628 g/mol. The lowest BCUT2D eigenvalue weighted by Gasteiger charge is -2.31. The quantitative estimate of drug-likeness (QED) is 0.177. The van der Waals surface area contributed by atoms with Gasteiger partial charge in [0.25, 0.3) is 0 Å². The maximum absolute atomic E-state index is 12.4. The van der Waals surface area contributed by atoms with Crippen molar-refractivity contribution >= 4 is 17.5 Å². The van der Waals surface area contributed by atoms with Crippen LogP contribution in [0.1, 0.15) is 47.1 Å². The Labute approximate surface area is 286 Å². The average molecular weight is 667 g/mol. The van der Waals surface area contributed by atoms with Crippen molar-refractivity contribution in [3.8, 4) is 34.4 Å². The molecule has 0 bridgehead atoms. The first-order valence-corrected chi connectivity index (χ1v) is 16.7. The van der Waals surface area contributed by atoms with Gasteiger partial charge in [-0.2, -0.15) is 5.26 Å². The van der Waals surface area contributed by atoms with Crippen LogP contribution in [0.15, 0.2) is 73.1 Å². The van der Waals surface area contributed by atoms with Crippen LogP contribution in [-0.2, 0) is 24.6 Å². The molecule has 1 aromatic heterocycles.